The third-order valence-electron chi connectivity index (χ3n) is 4.48. The molecule has 1 N–H and O–H groups in total. The van der Waals surface area contributed by atoms with E-state index in [0.29, 0.717) is 5.56 Å². The average molecular weight is 381 g/mol. The summed E-state index contributed by atoms with van der Waals surface area (Å²) >= 11 is 1.64. The molecule has 1 aromatic heterocycles. The van der Waals surface area contributed by atoms with E-state index >= 15 is 0 Å². The van der Waals surface area contributed by atoms with Crippen molar-refractivity contribution in [2.45, 2.75) is 37.7 Å². The summed E-state index contributed by atoms with van der Waals surface area (Å²) in [4.78, 5) is 12.5. The van der Waals surface area contributed by atoms with Gasteiger partial charge in [0.15, 0.2) is 11.0 Å². The van der Waals surface area contributed by atoms with Gasteiger partial charge in [-0.05, 0) is 38.0 Å². The van der Waals surface area contributed by atoms with E-state index in [4.69, 9.17) is 0 Å². The van der Waals surface area contributed by atoms with E-state index < -0.39 is 0 Å². The molecule has 1 amide bonds. The lowest BCUT2D eigenvalue weighted by atomic mass is 10.1. The third-order valence-corrected chi connectivity index (χ3v) is 5.57. The molecule has 0 radical (unpaired) electrons. The van der Waals surface area contributed by atoms with Crippen LogP contribution < -0.4 is 5.32 Å². The minimum absolute atomic E-state index is 0.0996. The van der Waals surface area contributed by atoms with Crippen molar-refractivity contribution in [3.05, 3.63) is 76.6 Å². The standard InChI is InChI=1S/C21H24N4OS/c1-14-9-11-17(12-10-14)13-27-21-24-23-19(25(21)4)16(3)22-20(26)18-8-6-5-7-15(18)2/h5-12,16H,13H2,1-4H3,(H,22,26)/t16-/m1/s1. The summed E-state index contributed by atoms with van der Waals surface area (Å²) in [5.74, 6) is 1.47. The normalized spacial score (nSPS) is 12.0. The number of thioether (sulfide) groups is 1. The fourth-order valence-corrected chi connectivity index (χ4v) is 3.70. The highest BCUT2D eigenvalue weighted by Gasteiger charge is 2.19. The van der Waals surface area contributed by atoms with Crippen molar-refractivity contribution in [1.82, 2.24) is 20.1 Å². The molecule has 3 rings (SSSR count). The zero-order valence-electron chi connectivity index (χ0n) is 16.1. The lowest BCUT2D eigenvalue weighted by Gasteiger charge is -2.14. The lowest BCUT2D eigenvalue weighted by molar-refractivity contribution is 0.0937. The summed E-state index contributed by atoms with van der Waals surface area (Å²) in [6, 6.07) is 15.8. The molecule has 140 valence electrons. The van der Waals surface area contributed by atoms with Crippen molar-refractivity contribution in [1.29, 1.82) is 0 Å². The van der Waals surface area contributed by atoms with Crippen LogP contribution in [0.25, 0.3) is 0 Å². The number of hydrogen-bond acceptors (Lipinski definition) is 4. The van der Waals surface area contributed by atoms with Crippen molar-refractivity contribution in [3.63, 3.8) is 0 Å². The number of rotatable bonds is 6. The van der Waals surface area contributed by atoms with Crippen LogP contribution in [-0.2, 0) is 12.8 Å². The van der Waals surface area contributed by atoms with Gasteiger partial charge in [0.2, 0.25) is 0 Å². The molecule has 0 aliphatic carbocycles. The molecule has 1 heterocycles. The highest BCUT2D eigenvalue weighted by atomic mass is 32.2. The van der Waals surface area contributed by atoms with Gasteiger partial charge >= 0.3 is 0 Å². The molecule has 5 nitrogen and oxygen atoms in total. The SMILES string of the molecule is Cc1ccc(CSc2nnc([C@@H](C)NC(=O)c3ccccc3C)n2C)cc1. The maximum atomic E-state index is 12.5. The summed E-state index contributed by atoms with van der Waals surface area (Å²) in [5.41, 5.74) is 4.13. The predicted octanol–water partition coefficient (Wildman–Crippen LogP) is 4.22. The zero-order valence-corrected chi connectivity index (χ0v) is 16.9. The first-order valence-corrected chi connectivity index (χ1v) is 9.88. The molecule has 0 fully saturated rings. The number of carbonyl (C=O) groups excluding carboxylic acids is 1. The summed E-state index contributed by atoms with van der Waals surface area (Å²) in [6.45, 7) is 5.94. The molecular weight excluding hydrogens is 356 g/mol. The fraction of sp³-hybridized carbons (Fsp3) is 0.286. The number of nitrogens with zero attached hydrogens (tertiary/aromatic N) is 3. The van der Waals surface area contributed by atoms with E-state index in [-0.39, 0.29) is 11.9 Å². The van der Waals surface area contributed by atoms with Gasteiger partial charge in [-0.1, -0.05) is 59.8 Å². The molecule has 27 heavy (non-hydrogen) atoms. The Bertz CT molecular complexity index is 934. The van der Waals surface area contributed by atoms with Crippen molar-refractivity contribution in [2.24, 2.45) is 7.05 Å². The van der Waals surface area contributed by atoms with Gasteiger partial charge in [-0.25, -0.2) is 0 Å². The molecule has 6 heteroatoms. The number of hydrogen-bond donors (Lipinski definition) is 1. The zero-order chi connectivity index (χ0) is 19.4. The number of benzene rings is 2. The second kappa shape index (κ2) is 8.39. The van der Waals surface area contributed by atoms with E-state index in [2.05, 4.69) is 46.7 Å². The summed E-state index contributed by atoms with van der Waals surface area (Å²) in [5, 5.41) is 12.4. The topological polar surface area (TPSA) is 59.8 Å². The first kappa shape index (κ1) is 19.2. The molecule has 0 aliphatic rings. The Morgan fingerprint density at radius 2 is 1.81 bits per heavy atom. The Morgan fingerprint density at radius 3 is 2.52 bits per heavy atom. The Labute approximate surface area is 164 Å². The number of aromatic nitrogens is 3. The van der Waals surface area contributed by atoms with Crippen LogP contribution in [0.3, 0.4) is 0 Å². The highest BCUT2D eigenvalue weighted by molar-refractivity contribution is 7.98. The first-order chi connectivity index (χ1) is 13.0. The van der Waals surface area contributed by atoms with Crippen LogP contribution in [0.4, 0.5) is 0 Å². The minimum Gasteiger partial charge on any atom is -0.342 e. The van der Waals surface area contributed by atoms with E-state index in [1.165, 1.54) is 11.1 Å². The van der Waals surface area contributed by atoms with Gasteiger partial charge < -0.3 is 9.88 Å². The van der Waals surface area contributed by atoms with Crippen molar-refractivity contribution >= 4 is 17.7 Å². The lowest BCUT2D eigenvalue weighted by Crippen LogP contribution is -2.29. The van der Waals surface area contributed by atoms with Gasteiger partial charge in [-0.3, -0.25) is 4.79 Å². The maximum Gasteiger partial charge on any atom is 0.252 e. The average Bonchev–Trinajstić information content (AvgIpc) is 3.02. The smallest absolute Gasteiger partial charge is 0.252 e. The van der Waals surface area contributed by atoms with Crippen molar-refractivity contribution in [2.75, 3.05) is 0 Å². The van der Waals surface area contributed by atoms with Crippen LogP contribution >= 0.6 is 11.8 Å². The van der Waals surface area contributed by atoms with E-state index in [1.54, 1.807) is 11.8 Å². The molecular formula is C21H24N4OS. The van der Waals surface area contributed by atoms with Gasteiger partial charge in [0.25, 0.3) is 5.91 Å². The maximum absolute atomic E-state index is 12.5. The predicted molar refractivity (Wildman–Crippen MR) is 109 cm³/mol. The largest absolute Gasteiger partial charge is 0.342 e. The molecule has 0 bridgehead atoms. The second-order valence-corrected chi connectivity index (χ2v) is 7.63. The fourth-order valence-electron chi connectivity index (χ4n) is 2.83. The number of amides is 1. The van der Waals surface area contributed by atoms with Crippen molar-refractivity contribution < 1.29 is 4.79 Å². The van der Waals surface area contributed by atoms with Crippen LogP contribution in [0.2, 0.25) is 0 Å². The summed E-state index contributed by atoms with van der Waals surface area (Å²) < 4.78 is 1.95. The monoisotopic (exact) mass is 380 g/mol. The number of carbonyl (C=O) groups is 1. The molecule has 0 unspecified atom stereocenters. The third kappa shape index (κ3) is 4.57. The van der Waals surface area contributed by atoms with Crippen LogP contribution in [0.1, 0.15) is 45.8 Å². The Morgan fingerprint density at radius 1 is 1.11 bits per heavy atom. The van der Waals surface area contributed by atoms with Gasteiger partial charge in [0.05, 0.1) is 6.04 Å². The molecule has 0 saturated heterocycles. The van der Waals surface area contributed by atoms with E-state index in [9.17, 15) is 4.79 Å². The Kier molecular flexibility index (Phi) is 5.96. The van der Waals surface area contributed by atoms with E-state index in [1.807, 2.05) is 49.7 Å². The molecule has 0 saturated carbocycles. The summed E-state index contributed by atoms with van der Waals surface area (Å²) in [7, 11) is 1.93. The highest BCUT2D eigenvalue weighted by Crippen LogP contribution is 2.23. The Balaban J connectivity index is 1.66. The summed E-state index contributed by atoms with van der Waals surface area (Å²) in [6.07, 6.45) is 0. The molecule has 2 aromatic carbocycles. The first-order valence-electron chi connectivity index (χ1n) is 8.90. The van der Waals surface area contributed by atoms with Crippen LogP contribution in [0.5, 0.6) is 0 Å². The van der Waals surface area contributed by atoms with Gasteiger partial charge in [0.1, 0.15) is 0 Å². The van der Waals surface area contributed by atoms with Gasteiger partial charge in [-0.15, -0.1) is 10.2 Å². The number of aryl methyl sites for hydroxylation is 2. The molecule has 1 atom stereocenters. The molecule has 0 aliphatic heterocycles. The minimum atomic E-state index is -0.233. The van der Waals surface area contributed by atoms with Gasteiger partial charge in [0, 0.05) is 18.4 Å². The van der Waals surface area contributed by atoms with Crippen molar-refractivity contribution in [3.8, 4) is 0 Å². The molecule has 0 spiro atoms. The van der Waals surface area contributed by atoms with Crippen LogP contribution in [0, 0.1) is 13.8 Å². The molecule has 3 aromatic rings. The Hall–Kier alpha value is -2.60. The quantitative estimate of drug-likeness (QED) is 0.651. The van der Waals surface area contributed by atoms with Crippen LogP contribution in [0.15, 0.2) is 53.7 Å². The second-order valence-electron chi connectivity index (χ2n) is 6.68. The van der Waals surface area contributed by atoms with Crippen LogP contribution in [-0.4, -0.2) is 20.7 Å². The number of nitrogens with one attached hydrogen (secondary N) is 1. The van der Waals surface area contributed by atoms with E-state index in [0.717, 1.165) is 22.3 Å². The van der Waals surface area contributed by atoms with Gasteiger partial charge in [-0.2, -0.15) is 0 Å².